The molecular weight excluding hydrogens is 396 g/mol. The summed E-state index contributed by atoms with van der Waals surface area (Å²) in [5.74, 6) is 2.81. The zero-order valence-corrected chi connectivity index (χ0v) is 17.7. The second kappa shape index (κ2) is 9.76. The van der Waals surface area contributed by atoms with Crippen molar-refractivity contribution >= 4 is 30.1 Å². The van der Waals surface area contributed by atoms with E-state index >= 15 is 0 Å². The van der Waals surface area contributed by atoms with Crippen LogP contribution in [0.25, 0.3) is 0 Å². The second-order valence-corrected chi connectivity index (χ2v) is 8.46. The molecule has 6 nitrogen and oxygen atoms in total. The van der Waals surface area contributed by atoms with Crippen molar-refractivity contribution < 1.29 is 9.32 Å². The minimum absolute atomic E-state index is 0. The Morgan fingerprint density at radius 3 is 2.68 bits per heavy atom. The van der Waals surface area contributed by atoms with Gasteiger partial charge in [-0.25, -0.2) is 0 Å². The minimum atomic E-state index is 0. The molecule has 4 rings (SSSR count). The topological polar surface area (TPSA) is 71.3 Å². The third-order valence-corrected chi connectivity index (χ3v) is 6.27. The molecule has 1 aliphatic heterocycles. The fourth-order valence-corrected chi connectivity index (χ4v) is 4.30. The van der Waals surface area contributed by atoms with Crippen molar-refractivity contribution in [2.24, 2.45) is 5.92 Å². The normalized spacial score (nSPS) is 17.4. The molecule has 1 aromatic heterocycles. The van der Waals surface area contributed by atoms with E-state index in [-0.39, 0.29) is 18.3 Å². The number of aryl methyl sites for hydroxylation is 1. The number of hydrogen-bond acceptors (Lipinski definition) is 6. The predicted octanol–water partition coefficient (Wildman–Crippen LogP) is 3.70. The smallest absolute Gasteiger partial charge is 0.254 e. The molecule has 2 heterocycles. The van der Waals surface area contributed by atoms with Gasteiger partial charge in [0.2, 0.25) is 5.89 Å². The summed E-state index contributed by atoms with van der Waals surface area (Å²) in [5.41, 5.74) is 0.767. The lowest BCUT2D eigenvalue weighted by Crippen LogP contribution is -2.45. The van der Waals surface area contributed by atoms with Gasteiger partial charge in [0.25, 0.3) is 5.91 Å². The molecule has 1 aromatic carbocycles. The Morgan fingerprint density at radius 2 is 2.00 bits per heavy atom. The number of piperidine rings is 1. The van der Waals surface area contributed by atoms with Crippen molar-refractivity contribution in [3.63, 3.8) is 0 Å². The molecule has 0 radical (unpaired) electrons. The highest BCUT2D eigenvalue weighted by molar-refractivity contribution is 7.98. The summed E-state index contributed by atoms with van der Waals surface area (Å²) in [6.07, 6.45) is 4.83. The van der Waals surface area contributed by atoms with Crippen molar-refractivity contribution in [1.29, 1.82) is 0 Å². The summed E-state index contributed by atoms with van der Waals surface area (Å²) < 4.78 is 5.17. The summed E-state index contributed by atoms with van der Waals surface area (Å²) in [5, 5.41) is 7.49. The third-order valence-electron chi connectivity index (χ3n) is 5.21. The minimum Gasteiger partial charge on any atom is -0.338 e. The molecule has 0 atom stereocenters. The van der Waals surface area contributed by atoms with Crippen LogP contribution in [-0.4, -0.2) is 46.6 Å². The highest BCUT2D eigenvalue weighted by atomic mass is 35.5. The van der Waals surface area contributed by atoms with Crippen LogP contribution in [0.5, 0.6) is 0 Å². The first-order chi connectivity index (χ1) is 13.2. The monoisotopic (exact) mass is 422 g/mol. The van der Waals surface area contributed by atoms with Gasteiger partial charge in [-0.3, -0.25) is 4.79 Å². The lowest BCUT2D eigenvalue weighted by molar-refractivity contribution is 0.0701. The summed E-state index contributed by atoms with van der Waals surface area (Å²) in [4.78, 5) is 20.2. The maximum absolute atomic E-state index is 13.1. The number of rotatable bonds is 7. The summed E-state index contributed by atoms with van der Waals surface area (Å²) >= 11 is 1.57. The molecule has 0 unspecified atom stereocenters. The van der Waals surface area contributed by atoms with E-state index in [4.69, 9.17) is 4.52 Å². The quantitative estimate of drug-likeness (QED) is 0.686. The molecule has 1 amide bonds. The molecule has 0 spiro atoms. The first-order valence-corrected chi connectivity index (χ1v) is 10.7. The SMILES string of the molecule is Cc1noc(CSc2ccccc2C(=O)N2CCC(NCC3CC3)CC2)n1.Cl. The number of hydrogen-bond donors (Lipinski definition) is 1. The van der Waals surface area contributed by atoms with Gasteiger partial charge in [-0.1, -0.05) is 17.3 Å². The Balaban J connectivity index is 0.00000225. The first kappa shape index (κ1) is 21.1. The van der Waals surface area contributed by atoms with Crippen molar-refractivity contribution in [1.82, 2.24) is 20.4 Å². The largest absolute Gasteiger partial charge is 0.338 e. The van der Waals surface area contributed by atoms with Gasteiger partial charge in [-0.2, -0.15) is 4.98 Å². The van der Waals surface area contributed by atoms with Crippen molar-refractivity contribution in [2.75, 3.05) is 19.6 Å². The molecule has 1 saturated carbocycles. The maximum Gasteiger partial charge on any atom is 0.254 e. The zero-order chi connectivity index (χ0) is 18.6. The van der Waals surface area contributed by atoms with E-state index < -0.39 is 0 Å². The average molecular weight is 423 g/mol. The lowest BCUT2D eigenvalue weighted by atomic mass is 10.0. The van der Waals surface area contributed by atoms with E-state index in [1.807, 2.05) is 29.2 Å². The van der Waals surface area contributed by atoms with Gasteiger partial charge < -0.3 is 14.7 Å². The van der Waals surface area contributed by atoms with Gasteiger partial charge in [-0.15, -0.1) is 24.2 Å². The molecule has 0 bridgehead atoms. The number of carbonyl (C=O) groups excluding carboxylic acids is 1. The Bertz CT molecular complexity index is 788. The van der Waals surface area contributed by atoms with Crippen LogP contribution >= 0.6 is 24.2 Å². The highest BCUT2D eigenvalue weighted by Crippen LogP contribution is 2.29. The average Bonchev–Trinajstić information content (AvgIpc) is 3.44. The first-order valence-electron chi connectivity index (χ1n) is 9.72. The number of nitrogens with zero attached hydrogens (tertiary/aromatic N) is 3. The van der Waals surface area contributed by atoms with E-state index in [1.54, 1.807) is 18.7 Å². The predicted molar refractivity (Wildman–Crippen MR) is 112 cm³/mol. The van der Waals surface area contributed by atoms with Crippen LogP contribution in [0.1, 0.15) is 47.8 Å². The summed E-state index contributed by atoms with van der Waals surface area (Å²) in [6, 6.07) is 8.36. The van der Waals surface area contributed by atoms with E-state index in [9.17, 15) is 4.79 Å². The fourth-order valence-electron chi connectivity index (χ4n) is 3.42. The molecule has 2 aliphatic rings. The van der Waals surface area contributed by atoms with Gasteiger partial charge in [0.15, 0.2) is 5.82 Å². The molecule has 8 heteroatoms. The van der Waals surface area contributed by atoms with Gasteiger partial charge in [0.1, 0.15) is 0 Å². The van der Waals surface area contributed by atoms with Crippen LogP contribution in [-0.2, 0) is 5.75 Å². The second-order valence-electron chi connectivity index (χ2n) is 7.44. The third kappa shape index (κ3) is 5.49. The zero-order valence-electron chi connectivity index (χ0n) is 16.1. The number of thioether (sulfide) groups is 1. The Kier molecular flexibility index (Phi) is 7.37. The Morgan fingerprint density at radius 1 is 1.25 bits per heavy atom. The van der Waals surface area contributed by atoms with Crippen LogP contribution in [0, 0.1) is 12.8 Å². The molecule has 1 N–H and O–H groups in total. The van der Waals surface area contributed by atoms with E-state index in [2.05, 4.69) is 15.5 Å². The summed E-state index contributed by atoms with van der Waals surface area (Å²) in [7, 11) is 0. The molecule has 1 aliphatic carbocycles. The van der Waals surface area contributed by atoms with Crippen molar-refractivity contribution in [3.8, 4) is 0 Å². The molecule has 2 aromatic rings. The fraction of sp³-hybridized carbons (Fsp3) is 0.550. The number of benzene rings is 1. The number of carbonyl (C=O) groups is 1. The van der Waals surface area contributed by atoms with Crippen LogP contribution in [0.4, 0.5) is 0 Å². The molecule has 28 heavy (non-hydrogen) atoms. The number of aromatic nitrogens is 2. The van der Waals surface area contributed by atoms with Gasteiger partial charge in [0, 0.05) is 24.0 Å². The lowest BCUT2D eigenvalue weighted by Gasteiger charge is -2.33. The number of amides is 1. The van der Waals surface area contributed by atoms with Gasteiger partial charge >= 0.3 is 0 Å². The Labute approximate surface area is 176 Å². The van der Waals surface area contributed by atoms with Gasteiger partial charge in [0.05, 0.1) is 11.3 Å². The number of halogens is 1. The molecule has 152 valence electrons. The molecule has 1 saturated heterocycles. The van der Waals surface area contributed by atoms with Crippen LogP contribution < -0.4 is 5.32 Å². The van der Waals surface area contributed by atoms with Crippen molar-refractivity contribution in [3.05, 3.63) is 41.5 Å². The molecule has 2 fully saturated rings. The van der Waals surface area contributed by atoms with E-state index in [0.717, 1.165) is 48.9 Å². The van der Waals surface area contributed by atoms with Gasteiger partial charge in [-0.05, 0) is 57.2 Å². The highest BCUT2D eigenvalue weighted by Gasteiger charge is 2.27. The maximum atomic E-state index is 13.1. The number of nitrogens with one attached hydrogen (secondary N) is 1. The van der Waals surface area contributed by atoms with Crippen LogP contribution in [0.3, 0.4) is 0 Å². The molecular formula is C20H27ClN4O2S. The van der Waals surface area contributed by atoms with Crippen LogP contribution in [0.15, 0.2) is 33.7 Å². The van der Waals surface area contributed by atoms with Crippen molar-refractivity contribution in [2.45, 2.75) is 49.3 Å². The van der Waals surface area contributed by atoms with Crippen LogP contribution in [0.2, 0.25) is 0 Å². The summed E-state index contributed by atoms with van der Waals surface area (Å²) in [6.45, 7) is 4.59. The van der Waals surface area contributed by atoms with E-state index in [1.165, 1.54) is 12.8 Å². The standard InChI is InChI=1S/C20H26N4O2S.ClH/c1-14-22-19(26-23-14)13-27-18-5-3-2-4-17(18)20(25)24-10-8-16(9-11-24)21-12-15-6-7-15;/h2-5,15-16,21H,6-13H2,1H3;1H. The Hall–Kier alpha value is -1.57. The van der Waals surface area contributed by atoms with E-state index in [0.29, 0.717) is 23.5 Å². The number of likely N-dealkylation sites (tertiary alicyclic amines) is 1.